The fourth-order valence-corrected chi connectivity index (χ4v) is 2.80. The maximum absolute atomic E-state index is 12.3. The van der Waals surface area contributed by atoms with Gasteiger partial charge in [-0.05, 0) is 18.1 Å². The zero-order valence-electron chi connectivity index (χ0n) is 10.5. The molecule has 3 heterocycles. The third kappa shape index (κ3) is 2.29. The lowest BCUT2D eigenvalue weighted by Gasteiger charge is -2.03. The highest BCUT2D eigenvalue weighted by atomic mass is 32.1. The van der Waals surface area contributed by atoms with Crippen molar-refractivity contribution in [3.05, 3.63) is 53.1 Å². The first-order valence-electron chi connectivity index (χ1n) is 6.16. The molecule has 0 saturated carbocycles. The average molecular weight is 271 g/mol. The lowest BCUT2D eigenvalue weighted by atomic mass is 10.1. The molecule has 0 atom stereocenters. The summed E-state index contributed by atoms with van der Waals surface area (Å²) in [6, 6.07) is 3.81. The predicted octanol–water partition coefficient (Wildman–Crippen LogP) is 2.78. The first kappa shape index (κ1) is 12.0. The van der Waals surface area contributed by atoms with Crippen molar-refractivity contribution in [2.24, 2.45) is 0 Å². The van der Waals surface area contributed by atoms with E-state index in [1.54, 1.807) is 17.5 Å². The Morgan fingerprint density at radius 2 is 2.37 bits per heavy atom. The first-order chi connectivity index (χ1) is 9.28. The molecule has 0 N–H and O–H groups in total. The van der Waals surface area contributed by atoms with Crippen LogP contribution in [0.15, 0.2) is 36.1 Å². The summed E-state index contributed by atoms with van der Waals surface area (Å²) < 4.78 is 1.94. The molecule has 0 bridgehead atoms. The molecule has 0 amide bonds. The number of hydrogen-bond acceptors (Lipinski definition) is 4. The topological polar surface area (TPSA) is 47.3 Å². The Hall–Kier alpha value is -2.01. The molecule has 0 radical (unpaired) electrons. The van der Waals surface area contributed by atoms with Gasteiger partial charge in [-0.25, -0.2) is 4.98 Å². The zero-order chi connectivity index (χ0) is 13.2. The minimum Gasteiger partial charge on any atom is -0.297 e. The Morgan fingerprint density at radius 1 is 1.47 bits per heavy atom. The average Bonchev–Trinajstić information content (AvgIpc) is 2.99. The van der Waals surface area contributed by atoms with Crippen molar-refractivity contribution >= 4 is 22.1 Å². The molecule has 0 spiro atoms. The molecule has 0 unspecified atom stereocenters. The van der Waals surface area contributed by atoms with Crippen LogP contribution in [0.3, 0.4) is 0 Å². The Labute approximate surface area is 114 Å². The predicted molar refractivity (Wildman–Crippen MR) is 74.7 cm³/mol. The van der Waals surface area contributed by atoms with Crippen molar-refractivity contribution in [3.63, 3.8) is 0 Å². The van der Waals surface area contributed by atoms with Crippen LogP contribution in [0.1, 0.15) is 28.7 Å². The highest BCUT2D eigenvalue weighted by Crippen LogP contribution is 2.14. The normalized spacial score (nSPS) is 11.0. The molecule has 3 aromatic rings. The van der Waals surface area contributed by atoms with Gasteiger partial charge >= 0.3 is 0 Å². The van der Waals surface area contributed by atoms with Crippen molar-refractivity contribution in [2.75, 3.05) is 0 Å². The van der Waals surface area contributed by atoms with Gasteiger partial charge in [0.15, 0.2) is 10.7 Å². The fraction of sp³-hybridized carbons (Fsp3) is 0.214. The summed E-state index contributed by atoms with van der Waals surface area (Å²) in [7, 11) is 0. The van der Waals surface area contributed by atoms with Gasteiger partial charge in [-0.1, -0.05) is 13.0 Å². The van der Waals surface area contributed by atoms with Gasteiger partial charge in [0.1, 0.15) is 5.69 Å². The van der Waals surface area contributed by atoms with Crippen molar-refractivity contribution in [1.82, 2.24) is 14.4 Å². The summed E-state index contributed by atoms with van der Waals surface area (Å²) >= 11 is 1.56. The summed E-state index contributed by atoms with van der Waals surface area (Å²) in [6.07, 6.45) is 6.63. The fourth-order valence-electron chi connectivity index (χ4n) is 2.08. The van der Waals surface area contributed by atoms with Gasteiger partial charge in [-0.2, -0.15) is 0 Å². The molecule has 4 nitrogen and oxygen atoms in total. The number of rotatable bonds is 4. The van der Waals surface area contributed by atoms with Crippen LogP contribution in [0.25, 0.3) is 4.96 Å². The number of pyridine rings is 1. The third-order valence-electron chi connectivity index (χ3n) is 3.02. The quantitative estimate of drug-likeness (QED) is 0.685. The van der Waals surface area contributed by atoms with Crippen LogP contribution < -0.4 is 0 Å². The van der Waals surface area contributed by atoms with E-state index in [9.17, 15) is 4.79 Å². The van der Waals surface area contributed by atoms with Crippen molar-refractivity contribution in [3.8, 4) is 0 Å². The van der Waals surface area contributed by atoms with E-state index >= 15 is 0 Å². The molecule has 0 saturated heterocycles. The number of carbonyl (C=O) groups is 1. The Balaban J connectivity index is 1.86. The molecule has 96 valence electrons. The maximum atomic E-state index is 12.3. The highest BCUT2D eigenvalue weighted by molar-refractivity contribution is 7.15. The van der Waals surface area contributed by atoms with E-state index in [0.717, 1.165) is 22.6 Å². The molecule has 0 aliphatic rings. The zero-order valence-corrected chi connectivity index (χ0v) is 11.4. The molecular formula is C14H13N3OS. The number of thiazole rings is 1. The van der Waals surface area contributed by atoms with Gasteiger partial charge < -0.3 is 0 Å². The van der Waals surface area contributed by atoms with Crippen LogP contribution in [0.4, 0.5) is 0 Å². The summed E-state index contributed by atoms with van der Waals surface area (Å²) in [5.74, 6) is 0.0307. The van der Waals surface area contributed by atoms with Gasteiger partial charge in [-0.3, -0.25) is 14.2 Å². The number of fused-ring (bicyclic) bond motifs is 1. The van der Waals surface area contributed by atoms with E-state index in [2.05, 4.69) is 9.97 Å². The standard InChI is InChI=1S/C14H13N3OS/c1-2-10-4-3-5-15-13(10)12(18)8-11-9-17-6-7-19-14(17)16-11/h3-7,9H,2,8H2,1H3. The molecular weight excluding hydrogens is 258 g/mol. The Bertz CT molecular complexity index is 700. The number of carbonyl (C=O) groups excluding carboxylic acids is 1. The molecule has 0 aliphatic heterocycles. The number of nitrogens with zero attached hydrogens (tertiary/aromatic N) is 3. The highest BCUT2D eigenvalue weighted by Gasteiger charge is 2.14. The molecule has 19 heavy (non-hydrogen) atoms. The second kappa shape index (κ2) is 4.93. The van der Waals surface area contributed by atoms with E-state index in [1.807, 2.05) is 41.2 Å². The van der Waals surface area contributed by atoms with E-state index in [0.29, 0.717) is 12.1 Å². The van der Waals surface area contributed by atoms with Crippen LogP contribution in [-0.2, 0) is 12.8 Å². The van der Waals surface area contributed by atoms with Crippen LogP contribution in [0, 0.1) is 0 Å². The second-order valence-electron chi connectivity index (χ2n) is 4.29. The van der Waals surface area contributed by atoms with Gasteiger partial charge in [0, 0.05) is 24.0 Å². The molecule has 0 aromatic carbocycles. The molecule has 3 rings (SSSR count). The smallest absolute Gasteiger partial charge is 0.193 e. The molecule has 0 aliphatic carbocycles. The SMILES string of the molecule is CCc1cccnc1C(=O)Cc1cn2ccsc2n1. The Kier molecular flexibility index (Phi) is 3.13. The second-order valence-corrected chi connectivity index (χ2v) is 5.16. The van der Waals surface area contributed by atoms with Crippen molar-refractivity contribution in [2.45, 2.75) is 19.8 Å². The number of aryl methyl sites for hydroxylation is 1. The number of imidazole rings is 1. The summed E-state index contributed by atoms with van der Waals surface area (Å²) in [6.45, 7) is 2.03. The van der Waals surface area contributed by atoms with E-state index in [4.69, 9.17) is 0 Å². The largest absolute Gasteiger partial charge is 0.297 e. The van der Waals surface area contributed by atoms with Crippen LogP contribution in [-0.4, -0.2) is 20.2 Å². The van der Waals surface area contributed by atoms with E-state index in [1.165, 1.54) is 0 Å². The molecule has 5 heteroatoms. The first-order valence-corrected chi connectivity index (χ1v) is 7.04. The summed E-state index contributed by atoms with van der Waals surface area (Å²) in [4.78, 5) is 21.8. The van der Waals surface area contributed by atoms with Gasteiger partial charge in [0.2, 0.25) is 0 Å². The maximum Gasteiger partial charge on any atom is 0.193 e. The number of hydrogen-bond donors (Lipinski definition) is 0. The molecule has 3 aromatic heterocycles. The Morgan fingerprint density at radius 3 is 3.16 bits per heavy atom. The monoisotopic (exact) mass is 271 g/mol. The lowest BCUT2D eigenvalue weighted by molar-refractivity contribution is 0.0986. The van der Waals surface area contributed by atoms with E-state index in [-0.39, 0.29) is 5.78 Å². The number of Topliss-reactive ketones (excluding diaryl/α,β-unsaturated/α-hetero) is 1. The molecule has 0 fully saturated rings. The summed E-state index contributed by atoms with van der Waals surface area (Å²) in [5.41, 5.74) is 2.36. The minimum atomic E-state index is 0.0307. The summed E-state index contributed by atoms with van der Waals surface area (Å²) in [5, 5.41) is 1.97. The van der Waals surface area contributed by atoms with Crippen LogP contribution in [0.2, 0.25) is 0 Å². The number of aromatic nitrogens is 3. The lowest BCUT2D eigenvalue weighted by Crippen LogP contribution is -2.09. The van der Waals surface area contributed by atoms with Crippen LogP contribution in [0.5, 0.6) is 0 Å². The van der Waals surface area contributed by atoms with Gasteiger partial charge in [0.25, 0.3) is 0 Å². The minimum absolute atomic E-state index is 0.0307. The van der Waals surface area contributed by atoms with Crippen LogP contribution >= 0.6 is 11.3 Å². The van der Waals surface area contributed by atoms with Gasteiger partial charge in [-0.15, -0.1) is 11.3 Å². The van der Waals surface area contributed by atoms with Crippen molar-refractivity contribution in [1.29, 1.82) is 0 Å². The van der Waals surface area contributed by atoms with Crippen molar-refractivity contribution < 1.29 is 4.79 Å². The number of ketones is 1. The van der Waals surface area contributed by atoms with E-state index < -0.39 is 0 Å². The van der Waals surface area contributed by atoms with Gasteiger partial charge in [0.05, 0.1) is 12.1 Å². The third-order valence-corrected chi connectivity index (χ3v) is 3.79.